The van der Waals surface area contributed by atoms with Gasteiger partial charge in [-0.3, -0.25) is 4.79 Å². The van der Waals surface area contributed by atoms with E-state index in [-0.39, 0.29) is 18.4 Å². The average molecular weight is 421 g/mol. The van der Waals surface area contributed by atoms with E-state index in [2.05, 4.69) is 0 Å². The van der Waals surface area contributed by atoms with Gasteiger partial charge < -0.3 is 14.6 Å². The number of halogens is 2. The molecule has 1 N–H and O–H groups in total. The van der Waals surface area contributed by atoms with E-state index >= 15 is 0 Å². The van der Waals surface area contributed by atoms with Gasteiger partial charge in [0.1, 0.15) is 0 Å². The van der Waals surface area contributed by atoms with Gasteiger partial charge >= 0.3 is 5.97 Å². The molecule has 3 rings (SSSR count). The number of ether oxygens (including phenoxy) is 2. The van der Waals surface area contributed by atoms with Gasteiger partial charge in [-0.15, -0.1) is 0 Å². The van der Waals surface area contributed by atoms with Gasteiger partial charge in [0.05, 0.1) is 22.8 Å². The highest BCUT2D eigenvalue weighted by Crippen LogP contribution is 2.42. The zero-order valence-electron chi connectivity index (χ0n) is 15.3. The maximum atomic E-state index is 10.6. The third-order valence-electron chi connectivity index (χ3n) is 4.65. The Morgan fingerprint density at radius 3 is 2.64 bits per heavy atom. The highest BCUT2D eigenvalue weighted by Gasteiger charge is 2.34. The van der Waals surface area contributed by atoms with Crippen LogP contribution in [0.3, 0.4) is 0 Å². The lowest BCUT2D eigenvalue weighted by molar-refractivity contribution is -0.243. The van der Waals surface area contributed by atoms with Gasteiger partial charge in [-0.1, -0.05) is 77.8 Å². The molecule has 3 unspecified atom stereocenters. The summed E-state index contributed by atoms with van der Waals surface area (Å²) in [5.41, 5.74) is 1.78. The first kappa shape index (κ1) is 20.9. The van der Waals surface area contributed by atoms with Gasteiger partial charge in [-0.2, -0.15) is 0 Å². The lowest BCUT2D eigenvalue weighted by Crippen LogP contribution is -2.30. The molecular weight excluding hydrogens is 399 g/mol. The second kappa shape index (κ2) is 10.1. The summed E-state index contributed by atoms with van der Waals surface area (Å²) in [7, 11) is 0. The lowest BCUT2D eigenvalue weighted by Gasteiger charge is -2.37. The number of carboxylic acid groups (broad SMARTS) is 1. The molecule has 0 amide bonds. The van der Waals surface area contributed by atoms with Crippen molar-refractivity contribution in [1.82, 2.24) is 0 Å². The van der Waals surface area contributed by atoms with Crippen LogP contribution in [0, 0.1) is 5.92 Å². The van der Waals surface area contributed by atoms with Crippen molar-refractivity contribution in [2.24, 2.45) is 5.92 Å². The van der Waals surface area contributed by atoms with Gasteiger partial charge in [0.2, 0.25) is 0 Å². The number of allylic oxidation sites excluding steroid dienone is 2. The summed E-state index contributed by atoms with van der Waals surface area (Å²) in [6.07, 6.45) is 4.52. The van der Waals surface area contributed by atoms with Crippen molar-refractivity contribution in [2.45, 2.75) is 31.7 Å². The number of rotatable bonds is 7. The van der Waals surface area contributed by atoms with Crippen molar-refractivity contribution in [3.8, 4) is 0 Å². The molecule has 6 heteroatoms. The highest BCUT2D eigenvalue weighted by atomic mass is 35.5. The first-order chi connectivity index (χ1) is 13.6. The molecule has 0 aliphatic carbocycles. The molecule has 1 aliphatic rings. The van der Waals surface area contributed by atoms with Crippen LogP contribution in [0.25, 0.3) is 0 Å². The zero-order chi connectivity index (χ0) is 19.9. The van der Waals surface area contributed by atoms with Crippen LogP contribution in [-0.2, 0) is 14.3 Å². The molecule has 4 nitrogen and oxygen atoms in total. The molecule has 2 aromatic carbocycles. The number of hydrogen-bond donors (Lipinski definition) is 1. The van der Waals surface area contributed by atoms with Crippen LogP contribution >= 0.6 is 23.2 Å². The van der Waals surface area contributed by atoms with Crippen molar-refractivity contribution in [1.29, 1.82) is 0 Å². The Bertz CT molecular complexity index is 823. The first-order valence-electron chi connectivity index (χ1n) is 9.19. The summed E-state index contributed by atoms with van der Waals surface area (Å²) in [5.74, 6) is -0.685. The number of carbonyl (C=O) groups is 1. The van der Waals surface area contributed by atoms with Crippen LogP contribution < -0.4 is 0 Å². The van der Waals surface area contributed by atoms with Crippen molar-refractivity contribution < 1.29 is 19.4 Å². The standard InChI is InChI=1S/C22H22Cl2O4/c23-18-12-7-11-17(20(18)24)22-27-14-16(10-5-2-6-13-19(25)26)21(28-22)15-8-3-1-4-9-15/h1-5,7-9,11-12,16,21-22H,6,10,13-14H2,(H,25,26)/b5-2-. The molecule has 0 aromatic heterocycles. The molecule has 1 fully saturated rings. The minimum Gasteiger partial charge on any atom is -0.481 e. The van der Waals surface area contributed by atoms with Crippen LogP contribution in [0.15, 0.2) is 60.7 Å². The molecule has 0 spiro atoms. The fraction of sp³-hybridized carbons (Fsp3) is 0.318. The van der Waals surface area contributed by atoms with E-state index in [0.29, 0.717) is 28.6 Å². The van der Waals surface area contributed by atoms with Gasteiger partial charge in [0, 0.05) is 17.9 Å². The second-order valence-corrected chi connectivity index (χ2v) is 7.46. The normalized spacial score (nSPS) is 22.4. The Balaban J connectivity index is 1.75. The van der Waals surface area contributed by atoms with Crippen molar-refractivity contribution in [3.63, 3.8) is 0 Å². The van der Waals surface area contributed by atoms with Gasteiger partial charge in [-0.05, 0) is 24.5 Å². The molecule has 0 bridgehead atoms. The number of hydrogen-bond acceptors (Lipinski definition) is 3. The SMILES string of the molecule is O=C(O)CC/C=C\CC1COC(c2cccc(Cl)c2Cl)OC1c1ccccc1. The molecule has 0 saturated carbocycles. The lowest BCUT2D eigenvalue weighted by atomic mass is 9.92. The average Bonchev–Trinajstić information content (AvgIpc) is 2.70. The van der Waals surface area contributed by atoms with E-state index in [1.165, 1.54) is 0 Å². The molecule has 1 heterocycles. The van der Waals surface area contributed by atoms with E-state index in [1.807, 2.05) is 54.6 Å². The maximum Gasteiger partial charge on any atom is 0.303 e. The van der Waals surface area contributed by atoms with Crippen LogP contribution in [0.2, 0.25) is 10.0 Å². The predicted molar refractivity (Wildman–Crippen MR) is 110 cm³/mol. The number of benzene rings is 2. The topological polar surface area (TPSA) is 55.8 Å². The van der Waals surface area contributed by atoms with Crippen molar-refractivity contribution >= 4 is 29.2 Å². The van der Waals surface area contributed by atoms with E-state index < -0.39 is 12.3 Å². The van der Waals surface area contributed by atoms with E-state index in [1.54, 1.807) is 6.07 Å². The predicted octanol–water partition coefficient (Wildman–Crippen LogP) is 6.21. The largest absolute Gasteiger partial charge is 0.481 e. The third-order valence-corrected chi connectivity index (χ3v) is 5.49. The van der Waals surface area contributed by atoms with Crippen molar-refractivity contribution in [3.05, 3.63) is 81.9 Å². The Kier molecular flexibility index (Phi) is 7.51. The Hall–Kier alpha value is -1.85. The van der Waals surface area contributed by atoms with Crippen LogP contribution in [0.1, 0.15) is 42.8 Å². The fourth-order valence-corrected chi connectivity index (χ4v) is 3.63. The summed E-state index contributed by atoms with van der Waals surface area (Å²) < 4.78 is 12.3. The molecule has 1 saturated heterocycles. The smallest absolute Gasteiger partial charge is 0.303 e. The van der Waals surface area contributed by atoms with Crippen LogP contribution in [0.4, 0.5) is 0 Å². The highest BCUT2D eigenvalue weighted by molar-refractivity contribution is 6.42. The summed E-state index contributed by atoms with van der Waals surface area (Å²) in [5, 5.41) is 9.64. The Morgan fingerprint density at radius 1 is 1.11 bits per heavy atom. The molecular formula is C22H22Cl2O4. The number of aliphatic carboxylic acids is 1. The molecule has 148 valence electrons. The first-order valence-corrected chi connectivity index (χ1v) is 9.94. The molecule has 3 atom stereocenters. The monoisotopic (exact) mass is 420 g/mol. The molecule has 0 radical (unpaired) electrons. The fourth-order valence-electron chi connectivity index (χ4n) is 3.23. The van der Waals surface area contributed by atoms with E-state index in [0.717, 1.165) is 12.0 Å². The quantitative estimate of drug-likeness (QED) is 0.541. The van der Waals surface area contributed by atoms with Gasteiger partial charge in [0.25, 0.3) is 0 Å². The maximum absolute atomic E-state index is 10.6. The summed E-state index contributed by atoms with van der Waals surface area (Å²) in [6, 6.07) is 15.4. The molecule has 1 aliphatic heterocycles. The second-order valence-electron chi connectivity index (χ2n) is 6.68. The summed E-state index contributed by atoms with van der Waals surface area (Å²) in [6.45, 7) is 0.496. The zero-order valence-corrected chi connectivity index (χ0v) is 16.8. The summed E-state index contributed by atoms with van der Waals surface area (Å²) >= 11 is 12.5. The Morgan fingerprint density at radius 2 is 1.89 bits per heavy atom. The molecule has 2 aromatic rings. The summed E-state index contributed by atoms with van der Waals surface area (Å²) in [4.78, 5) is 10.6. The molecule has 28 heavy (non-hydrogen) atoms. The van der Waals surface area contributed by atoms with Crippen LogP contribution in [0.5, 0.6) is 0 Å². The van der Waals surface area contributed by atoms with Gasteiger partial charge in [0.15, 0.2) is 6.29 Å². The number of carboxylic acids is 1. The minimum absolute atomic E-state index is 0.109. The third kappa shape index (κ3) is 5.36. The van der Waals surface area contributed by atoms with E-state index in [9.17, 15) is 4.79 Å². The van der Waals surface area contributed by atoms with Crippen LogP contribution in [-0.4, -0.2) is 17.7 Å². The minimum atomic E-state index is -0.794. The van der Waals surface area contributed by atoms with Crippen molar-refractivity contribution in [2.75, 3.05) is 6.61 Å². The van der Waals surface area contributed by atoms with Gasteiger partial charge in [-0.25, -0.2) is 0 Å². The van der Waals surface area contributed by atoms with E-state index in [4.69, 9.17) is 37.8 Å². The Labute approximate surface area is 174 Å².